The molecule has 0 atom stereocenters. The number of aryl methyl sites for hydroxylation is 1. The van der Waals surface area contributed by atoms with Crippen molar-refractivity contribution < 1.29 is 0 Å². The zero-order valence-corrected chi connectivity index (χ0v) is 11.4. The van der Waals surface area contributed by atoms with Gasteiger partial charge in [0.2, 0.25) is 0 Å². The third-order valence-electron chi connectivity index (χ3n) is 2.05. The molecule has 0 aliphatic carbocycles. The molecule has 16 heavy (non-hydrogen) atoms. The van der Waals surface area contributed by atoms with Gasteiger partial charge in [0.15, 0.2) is 5.13 Å². The van der Waals surface area contributed by atoms with E-state index in [1.807, 2.05) is 29.5 Å². The number of nitrogens with two attached hydrogens (primary N) is 1. The summed E-state index contributed by atoms with van der Waals surface area (Å²) >= 11 is 3.39. The molecule has 2 rings (SSSR count). The second-order valence-corrected chi connectivity index (χ2v) is 5.47. The van der Waals surface area contributed by atoms with Crippen LogP contribution in [0.5, 0.6) is 0 Å². The summed E-state index contributed by atoms with van der Waals surface area (Å²) in [4.78, 5) is 20.9. The number of hydrogen-bond acceptors (Lipinski definition) is 5. The van der Waals surface area contributed by atoms with Crippen molar-refractivity contribution in [3.63, 3.8) is 0 Å². The highest BCUT2D eigenvalue weighted by atomic mass is 127. The van der Waals surface area contributed by atoms with Crippen LogP contribution in [-0.4, -0.2) is 14.5 Å². The van der Waals surface area contributed by atoms with Crippen LogP contribution in [0.25, 0.3) is 0 Å². The van der Waals surface area contributed by atoms with Crippen LogP contribution < -0.4 is 11.3 Å². The third kappa shape index (κ3) is 2.24. The van der Waals surface area contributed by atoms with Gasteiger partial charge in [-0.05, 0) is 29.5 Å². The van der Waals surface area contributed by atoms with Crippen molar-refractivity contribution in [2.45, 2.75) is 13.5 Å². The standard InChI is InChI=1S/C9H9IN4OS/c1-5-7(10)8(15)14(4-13-5)3-6-2-12-9(11)16-6/h2,4H,3H2,1H3,(H2,11,12). The molecule has 5 nitrogen and oxygen atoms in total. The van der Waals surface area contributed by atoms with Gasteiger partial charge in [0.05, 0.1) is 22.1 Å². The maximum absolute atomic E-state index is 11.9. The zero-order valence-electron chi connectivity index (χ0n) is 8.48. The van der Waals surface area contributed by atoms with Crippen molar-refractivity contribution in [3.05, 3.63) is 37.0 Å². The lowest BCUT2D eigenvalue weighted by molar-refractivity contribution is 0.731. The summed E-state index contributed by atoms with van der Waals surface area (Å²) in [5.74, 6) is 0. The van der Waals surface area contributed by atoms with E-state index in [-0.39, 0.29) is 5.56 Å². The van der Waals surface area contributed by atoms with Crippen LogP contribution in [0, 0.1) is 10.5 Å². The van der Waals surface area contributed by atoms with Gasteiger partial charge in [-0.25, -0.2) is 9.97 Å². The molecule has 0 amide bonds. The Morgan fingerprint density at radius 3 is 2.94 bits per heavy atom. The maximum Gasteiger partial charge on any atom is 0.267 e. The van der Waals surface area contributed by atoms with E-state index < -0.39 is 0 Å². The molecule has 0 saturated carbocycles. The van der Waals surface area contributed by atoms with Gasteiger partial charge in [-0.2, -0.15) is 0 Å². The van der Waals surface area contributed by atoms with E-state index in [4.69, 9.17) is 5.73 Å². The number of thiazole rings is 1. The predicted molar refractivity (Wildman–Crippen MR) is 71.6 cm³/mol. The second kappa shape index (κ2) is 4.50. The molecule has 0 unspecified atom stereocenters. The normalized spacial score (nSPS) is 10.6. The third-order valence-corrected chi connectivity index (χ3v) is 4.11. The molecule has 2 aromatic heterocycles. The molecule has 0 fully saturated rings. The molecular weight excluding hydrogens is 339 g/mol. The van der Waals surface area contributed by atoms with Gasteiger partial charge < -0.3 is 5.73 Å². The molecular formula is C9H9IN4OS. The van der Waals surface area contributed by atoms with E-state index in [0.717, 1.165) is 10.6 Å². The zero-order chi connectivity index (χ0) is 11.7. The Labute approximate surface area is 109 Å². The van der Waals surface area contributed by atoms with Crippen LogP contribution in [0.15, 0.2) is 17.3 Å². The lowest BCUT2D eigenvalue weighted by atomic mass is 10.4. The average Bonchev–Trinajstić information content (AvgIpc) is 2.65. The molecule has 0 bridgehead atoms. The highest BCUT2D eigenvalue weighted by Crippen LogP contribution is 2.15. The Morgan fingerprint density at radius 1 is 1.56 bits per heavy atom. The lowest BCUT2D eigenvalue weighted by Gasteiger charge is -2.04. The fourth-order valence-electron chi connectivity index (χ4n) is 1.22. The largest absolute Gasteiger partial charge is 0.375 e. The van der Waals surface area contributed by atoms with Crippen LogP contribution in [0.4, 0.5) is 5.13 Å². The Bertz CT molecular complexity index is 577. The van der Waals surface area contributed by atoms with Gasteiger partial charge in [0.1, 0.15) is 0 Å². The smallest absolute Gasteiger partial charge is 0.267 e. The van der Waals surface area contributed by atoms with E-state index in [2.05, 4.69) is 9.97 Å². The fraction of sp³-hybridized carbons (Fsp3) is 0.222. The van der Waals surface area contributed by atoms with Crippen LogP contribution in [-0.2, 0) is 6.54 Å². The van der Waals surface area contributed by atoms with Crippen molar-refractivity contribution >= 4 is 39.1 Å². The van der Waals surface area contributed by atoms with Gasteiger partial charge in [-0.3, -0.25) is 9.36 Å². The SMILES string of the molecule is Cc1ncn(Cc2cnc(N)s2)c(=O)c1I. The first kappa shape index (κ1) is 11.5. The van der Waals surface area contributed by atoms with Crippen molar-refractivity contribution in [2.75, 3.05) is 5.73 Å². The number of hydrogen-bond donors (Lipinski definition) is 1. The quantitative estimate of drug-likeness (QED) is 0.829. The molecule has 2 aromatic rings. The highest BCUT2D eigenvalue weighted by Gasteiger charge is 2.07. The Hall–Kier alpha value is -0.960. The molecule has 0 aromatic carbocycles. The van der Waals surface area contributed by atoms with Crippen molar-refractivity contribution in [1.29, 1.82) is 0 Å². The molecule has 0 aliphatic rings. The molecule has 0 spiro atoms. The number of rotatable bonds is 2. The number of aromatic nitrogens is 3. The minimum atomic E-state index is -0.0277. The molecule has 2 N–H and O–H groups in total. The molecule has 0 radical (unpaired) electrons. The minimum Gasteiger partial charge on any atom is -0.375 e. The summed E-state index contributed by atoms with van der Waals surface area (Å²) in [5, 5.41) is 0.512. The molecule has 0 aliphatic heterocycles. The fourth-order valence-corrected chi connectivity index (χ4v) is 2.35. The van der Waals surface area contributed by atoms with E-state index in [1.54, 1.807) is 17.1 Å². The van der Waals surface area contributed by atoms with Gasteiger partial charge in [0.25, 0.3) is 5.56 Å². The summed E-state index contributed by atoms with van der Waals surface area (Å²) in [7, 11) is 0. The van der Waals surface area contributed by atoms with Crippen molar-refractivity contribution in [3.8, 4) is 0 Å². The van der Waals surface area contributed by atoms with E-state index in [1.165, 1.54) is 11.3 Å². The summed E-state index contributed by atoms with van der Waals surface area (Å²) in [6, 6.07) is 0. The first-order chi connectivity index (χ1) is 7.58. The first-order valence-corrected chi connectivity index (χ1v) is 6.39. The summed E-state index contributed by atoms with van der Waals surface area (Å²) in [5.41, 5.74) is 6.25. The number of halogens is 1. The van der Waals surface area contributed by atoms with Crippen molar-refractivity contribution in [1.82, 2.24) is 14.5 Å². The van der Waals surface area contributed by atoms with E-state index in [9.17, 15) is 4.79 Å². The van der Waals surface area contributed by atoms with Gasteiger partial charge in [0, 0.05) is 11.1 Å². The van der Waals surface area contributed by atoms with Crippen molar-refractivity contribution in [2.24, 2.45) is 0 Å². The molecule has 7 heteroatoms. The minimum absolute atomic E-state index is 0.0277. The molecule has 0 saturated heterocycles. The maximum atomic E-state index is 11.9. The Kier molecular flexibility index (Phi) is 3.24. The predicted octanol–water partition coefficient (Wildman–Crippen LogP) is 1.24. The van der Waals surface area contributed by atoms with Crippen LogP contribution in [0.3, 0.4) is 0 Å². The summed E-state index contributed by atoms with van der Waals surface area (Å²) in [6.07, 6.45) is 3.23. The Balaban J connectivity index is 2.36. The average molecular weight is 348 g/mol. The van der Waals surface area contributed by atoms with Crippen LogP contribution in [0.1, 0.15) is 10.6 Å². The Morgan fingerprint density at radius 2 is 2.31 bits per heavy atom. The van der Waals surface area contributed by atoms with E-state index >= 15 is 0 Å². The van der Waals surface area contributed by atoms with Gasteiger partial charge in [-0.15, -0.1) is 11.3 Å². The van der Waals surface area contributed by atoms with Crippen LogP contribution in [0.2, 0.25) is 0 Å². The number of anilines is 1. The number of nitrogen functional groups attached to an aromatic ring is 1. The summed E-state index contributed by atoms with van der Waals surface area (Å²) in [6.45, 7) is 2.29. The lowest BCUT2D eigenvalue weighted by Crippen LogP contribution is -2.24. The molecule has 84 valence electrons. The number of nitrogens with zero attached hydrogens (tertiary/aromatic N) is 3. The first-order valence-electron chi connectivity index (χ1n) is 4.49. The second-order valence-electron chi connectivity index (χ2n) is 3.24. The van der Waals surface area contributed by atoms with Gasteiger partial charge in [-0.1, -0.05) is 0 Å². The summed E-state index contributed by atoms with van der Waals surface area (Å²) < 4.78 is 2.21. The topological polar surface area (TPSA) is 73.8 Å². The monoisotopic (exact) mass is 348 g/mol. The highest BCUT2D eigenvalue weighted by molar-refractivity contribution is 14.1. The van der Waals surface area contributed by atoms with E-state index in [0.29, 0.717) is 15.2 Å². The van der Waals surface area contributed by atoms with Crippen LogP contribution >= 0.6 is 33.9 Å². The molecule has 2 heterocycles. The van der Waals surface area contributed by atoms with Gasteiger partial charge >= 0.3 is 0 Å².